The van der Waals surface area contributed by atoms with Crippen LogP contribution in [0.1, 0.15) is 24.8 Å². The molecule has 1 heterocycles. The fourth-order valence-electron chi connectivity index (χ4n) is 4.31. The number of hydrogen-bond acceptors (Lipinski definition) is 7. The van der Waals surface area contributed by atoms with E-state index in [0.717, 1.165) is 16.4 Å². The van der Waals surface area contributed by atoms with Crippen molar-refractivity contribution in [1.82, 2.24) is 14.7 Å². The van der Waals surface area contributed by atoms with E-state index in [1.165, 1.54) is 53.9 Å². The molecule has 0 aliphatic carbocycles. The second-order valence-corrected chi connectivity index (χ2v) is 10.7. The number of aliphatic carboxylic acids is 1. The highest BCUT2D eigenvalue weighted by molar-refractivity contribution is 7.89. The van der Waals surface area contributed by atoms with Crippen molar-refractivity contribution < 1.29 is 42.2 Å². The molecule has 38 heavy (non-hydrogen) atoms. The normalized spacial score (nSPS) is 15.2. The van der Waals surface area contributed by atoms with E-state index in [0.29, 0.717) is 11.3 Å². The quantitative estimate of drug-likeness (QED) is 0.282. The molecule has 1 aliphatic heterocycles. The van der Waals surface area contributed by atoms with E-state index in [-0.39, 0.29) is 43.7 Å². The molecule has 2 aromatic carbocycles. The number of carbonyl (C=O) groups excluding carboxylic acids is 2. The fraction of sp³-hybridized carbons (Fsp3) is 0.400. The van der Waals surface area contributed by atoms with Crippen LogP contribution in [-0.4, -0.2) is 78.5 Å². The number of halogens is 1. The molecular formula is C25H30FN3O8S. The lowest BCUT2D eigenvalue weighted by Gasteiger charge is -2.32. The first-order chi connectivity index (χ1) is 18.1. The predicted molar refractivity (Wildman–Crippen MR) is 132 cm³/mol. The van der Waals surface area contributed by atoms with Crippen molar-refractivity contribution in [2.75, 3.05) is 26.7 Å². The van der Waals surface area contributed by atoms with Crippen molar-refractivity contribution >= 4 is 27.8 Å². The topological polar surface area (TPSA) is 154 Å². The van der Waals surface area contributed by atoms with Crippen LogP contribution in [0.5, 0.6) is 5.75 Å². The Hall–Kier alpha value is -3.55. The average molecular weight is 552 g/mol. The van der Waals surface area contributed by atoms with Gasteiger partial charge in [0.05, 0.1) is 17.9 Å². The number of hydroxylamine groups is 1. The van der Waals surface area contributed by atoms with Gasteiger partial charge in [0.1, 0.15) is 17.6 Å². The third-order valence-electron chi connectivity index (χ3n) is 6.51. The molecule has 2 amide bonds. The summed E-state index contributed by atoms with van der Waals surface area (Å²) in [7, 11) is -2.95. The Morgan fingerprint density at radius 3 is 2.24 bits per heavy atom. The molecule has 2 aromatic rings. The van der Waals surface area contributed by atoms with Crippen molar-refractivity contribution in [2.45, 2.75) is 36.6 Å². The number of ether oxygens (including phenoxy) is 1. The molecule has 1 saturated heterocycles. The largest absolute Gasteiger partial charge is 0.497 e. The molecule has 1 fully saturated rings. The van der Waals surface area contributed by atoms with Crippen molar-refractivity contribution in [2.24, 2.45) is 5.92 Å². The number of hydrogen-bond donors (Lipinski definition) is 3. The van der Waals surface area contributed by atoms with Gasteiger partial charge in [0, 0.05) is 26.1 Å². The maximum Gasteiger partial charge on any atom is 0.306 e. The number of sulfonamides is 1. The highest BCUT2D eigenvalue weighted by Crippen LogP contribution is 2.25. The SMILES string of the molecule is COc1ccc(S(=O)(=O)N(CCC(=O)N2CCC(C(=O)O)CC2)C(Cc2ccc(F)cc2)C(=O)NO)cc1. The molecule has 1 aliphatic rings. The third kappa shape index (κ3) is 7.05. The number of rotatable bonds is 11. The number of nitrogens with one attached hydrogen (secondary N) is 1. The molecule has 13 heteroatoms. The minimum absolute atomic E-state index is 0.164. The standard InChI is InChI=1S/C25H30FN3O8S/c1-37-20-6-8-21(9-7-20)38(35,36)29(15-12-23(30)28-13-10-18(11-14-28)25(32)33)22(24(31)27-34)16-17-2-4-19(26)5-3-17/h2-9,18,22,34H,10-16H2,1H3,(H,27,31)(H,32,33). The first-order valence-electron chi connectivity index (χ1n) is 11.9. The second-order valence-electron chi connectivity index (χ2n) is 8.86. The van der Waals surface area contributed by atoms with Crippen molar-refractivity contribution in [1.29, 1.82) is 0 Å². The lowest BCUT2D eigenvalue weighted by Crippen LogP contribution is -2.51. The zero-order valence-corrected chi connectivity index (χ0v) is 21.6. The van der Waals surface area contributed by atoms with Gasteiger partial charge in [-0.25, -0.2) is 18.3 Å². The maximum absolute atomic E-state index is 13.7. The van der Waals surface area contributed by atoms with Gasteiger partial charge in [0.15, 0.2) is 0 Å². The first-order valence-corrected chi connectivity index (χ1v) is 13.4. The Morgan fingerprint density at radius 2 is 1.71 bits per heavy atom. The Labute approximate surface area is 219 Å². The number of likely N-dealkylation sites (tertiary alicyclic amines) is 1. The van der Waals surface area contributed by atoms with Crippen LogP contribution in [-0.2, 0) is 30.8 Å². The van der Waals surface area contributed by atoms with E-state index in [1.807, 2.05) is 0 Å². The first kappa shape index (κ1) is 29.0. The van der Waals surface area contributed by atoms with E-state index in [1.54, 1.807) is 0 Å². The smallest absolute Gasteiger partial charge is 0.306 e. The van der Waals surface area contributed by atoms with Crippen LogP contribution in [0.4, 0.5) is 4.39 Å². The molecule has 0 saturated carbocycles. The zero-order valence-electron chi connectivity index (χ0n) is 20.7. The van der Waals surface area contributed by atoms with Crippen molar-refractivity contribution in [3.8, 4) is 5.75 Å². The molecule has 0 spiro atoms. The number of carbonyl (C=O) groups is 3. The van der Waals surface area contributed by atoms with Crippen molar-refractivity contribution in [3.05, 3.63) is 59.9 Å². The Balaban J connectivity index is 1.90. The van der Waals surface area contributed by atoms with E-state index in [9.17, 15) is 37.5 Å². The highest BCUT2D eigenvalue weighted by atomic mass is 32.2. The minimum atomic E-state index is -4.37. The Morgan fingerprint density at radius 1 is 1.11 bits per heavy atom. The molecule has 3 N–H and O–H groups in total. The zero-order chi connectivity index (χ0) is 27.9. The van der Waals surface area contributed by atoms with Gasteiger partial charge in [-0.2, -0.15) is 4.31 Å². The van der Waals surface area contributed by atoms with Crippen LogP contribution in [0.2, 0.25) is 0 Å². The predicted octanol–water partition coefficient (Wildman–Crippen LogP) is 1.66. The molecule has 1 unspecified atom stereocenters. The molecule has 3 rings (SSSR count). The molecule has 0 aromatic heterocycles. The van der Waals surface area contributed by atoms with E-state index in [4.69, 9.17) is 4.74 Å². The summed E-state index contributed by atoms with van der Waals surface area (Å²) in [5, 5.41) is 18.6. The van der Waals surface area contributed by atoms with Crippen LogP contribution in [0, 0.1) is 11.7 Å². The molecule has 1 atom stereocenters. The summed E-state index contributed by atoms with van der Waals surface area (Å²) in [6.07, 6.45) is 0.0795. The number of carboxylic acid groups (broad SMARTS) is 1. The Bertz CT molecular complexity index is 1230. The summed E-state index contributed by atoms with van der Waals surface area (Å²) < 4.78 is 46.8. The average Bonchev–Trinajstić information content (AvgIpc) is 2.92. The van der Waals surface area contributed by atoms with Gasteiger partial charge in [-0.05, 0) is 61.2 Å². The minimum Gasteiger partial charge on any atom is -0.497 e. The van der Waals surface area contributed by atoms with E-state index < -0.39 is 52.1 Å². The van der Waals surface area contributed by atoms with Gasteiger partial charge in [-0.15, -0.1) is 0 Å². The summed E-state index contributed by atoms with van der Waals surface area (Å²) in [5.74, 6) is -3.00. The fourth-order valence-corrected chi connectivity index (χ4v) is 5.90. The lowest BCUT2D eigenvalue weighted by molar-refractivity contribution is -0.145. The van der Waals surface area contributed by atoms with Gasteiger partial charge in [0.25, 0.3) is 5.91 Å². The number of nitrogens with zero attached hydrogens (tertiary/aromatic N) is 2. The summed E-state index contributed by atoms with van der Waals surface area (Å²) in [5.41, 5.74) is 1.92. The monoisotopic (exact) mass is 551 g/mol. The number of amides is 2. The molecule has 0 bridgehead atoms. The summed E-state index contributed by atoms with van der Waals surface area (Å²) in [4.78, 5) is 38.2. The van der Waals surface area contributed by atoms with Crippen LogP contribution < -0.4 is 10.2 Å². The number of piperidine rings is 1. The van der Waals surface area contributed by atoms with Gasteiger partial charge >= 0.3 is 5.97 Å². The summed E-state index contributed by atoms with van der Waals surface area (Å²) >= 11 is 0. The second kappa shape index (κ2) is 12.8. The van der Waals surface area contributed by atoms with Gasteiger partial charge < -0.3 is 14.7 Å². The number of methoxy groups -OCH3 is 1. The van der Waals surface area contributed by atoms with E-state index >= 15 is 0 Å². The third-order valence-corrected chi connectivity index (χ3v) is 8.43. The Kier molecular flexibility index (Phi) is 9.78. The molecule has 0 radical (unpaired) electrons. The van der Waals surface area contributed by atoms with Gasteiger partial charge in [-0.3, -0.25) is 19.6 Å². The molecular weight excluding hydrogens is 521 g/mol. The van der Waals surface area contributed by atoms with Gasteiger partial charge in [0.2, 0.25) is 15.9 Å². The van der Waals surface area contributed by atoms with Gasteiger partial charge in [-0.1, -0.05) is 12.1 Å². The van der Waals surface area contributed by atoms with Crippen LogP contribution in [0.15, 0.2) is 53.4 Å². The van der Waals surface area contributed by atoms with Crippen molar-refractivity contribution in [3.63, 3.8) is 0 Å². The van der Waals surface area contributed by atoms with Crippen LogP contribution in [0.25, 0.3) is 0 Å². The number of benzene rings is 2. The molecule has 206 valence electrons. The summed E-state index contributed by atoms with van der Waals surface area (Å²) in [6.45, 7) is 0.0413. The maximum atomic E-state index is 13.7. The van der Waals surface area contributed by atoms with Crippen LogP contribution in [0.3, 0.4) is 0 Å². The highest BCUT2D eigenvalue weighted by Gasteiger charge is 2.37. The lowest BCUT2D eigenvalue weighted by atomic mass is 9.97. The molecule has 11 nitrogen and oxygen atoms in total. The number of carboxylic acids is 1. The van der Waals surface area contributed by atoms with E-state index in [2.05, 4.69) is 0 Å². The van der Waals surface area contributed by atoms with Crippen LogP contribution >= 0.6 is 0 Å². The summed E-state index contributed by atoms with van der Waals surface area (Å²) in [6, 6.07) is 9.10.